The molecule has 2 rings (SSSR count). The van der Waals surface area contributed by atoms with Crippen molar-refractivity contribution in [3.63, 3.8) is 0 Å². The molecule has 24 heavy (non-hydrogen) atoms. The largest absolute Gasteiger partial charge is 0.357 e. The second-order valence-corrected chi connectivity index (χ2v) is 5.71. The molecule has 2 aromatic rings. The number of nitrogens with zero attached hydrogens (tertiary/aromatic N) is 4. The Kier molecular flexibility index (Phi) is 8.47. The van der Waals surface area contributed by atoms with E-state index < -0.39 is 0 Å². The van der Waals surface area contributed by atoms with Crippen LogP contribution in [-0.4, -0.2) is 27.3 Å². The molecular formula is C16H24ClIN6. The zero-order chi connectivity index (χ0) is 16.8. The molecule has 0 radical (unpaired) electrons. The molecule has 1 aromatic carbocycles. The molecule has 8 heteroatoms. The average molecular weight is 463 g/mol. The molecule has 2 N–H and O–H groups in total. The van der Waals surface area contributed by atoms with Crippen LogP contribution in [0.5, 0.6) is 0 Å². The lowest BCUT2D eigenvalue weighted by Crippen LogP contribution is -2.38. The van der Waals surface area contributed by atoms with Crippen molar-refractivity contribution in [3.8, 4) is 0 Å². The number of aliphatic imine (C=N–C) groups is 1. The van der Waals surface area contributed by atoms with Gasteiger partial charge in [-0.25, -0.2) is 4.99 Å². The summed E-state index contributed by atoms with van der Waals surface area (Å²) in [5, 5.41) is 15.5. The normalized spacial score (nSPS) is 12.5. The topological polar surface area (TPSA) is 67.1 Å². The maximum Gasteiger partial charge on any atom is 0.192 e. The summed E-state index contributed by atoms with van der Waals surface area (Å²) in [6.45, 7) is 7.24. The zero-order valence-corrected chi connectivity index (χ0v) is 17.5. The van der Waals surface area contributed by atoms with Crippen LogP contribution in [0, 0.1) is 6.92 Å². The lowest BCUT2D eigenvalue weighted by Gasteiger charge is -2.19. The van der Waals surface area contributed by atoms with E-state index in [0.717, 1.165) is 34.7 Å². The minimum absolute atomic E-state index is 0. The summed E-state index contributed by atoms with van der Waals surface area (Å²) in [6, 6.07) is 7.85. The molecular weight excluding hydrogens is 439 g/mol. The number of aromatic nitrogens is 3. The summed E-state index contributed by atoms with van der Waals surface area (Å²) < 4.78 is 1.94. The minimum atomic E-state index is 0. The predicted molar refractivity (Wildman–Crippen MR) is 109 cm³/mol. The van der Waals surface area contributed by atoms with Crippen LogP contribution in [0.4, 0.5) is 0 Å². The van der Waals surface area contributed by atoms with Gasteiger partial charge in [0.1, 0.15) is 12.4 Å². The van der Waals surface area contributed by atoms with Gasteiger partial charge < -0.3 is 15.2 Å². The molecule has 0 aliphatic heterocycles. The Labute approximate surface area is 165 Å². The molecule has 1 heterocycles. The number of rotatable bonds is 5. The number of guanidine groups is 1. The predicted octanol–water partition coefficient (Wildman–Crippen LogP) is 3.21. The standard InChI is InChI=1S/C16H23ClN6.HI/c1-5-18-16(19-10-15-22-21-12(3)23(15)4)20-11(2)13-8-6-7-9-14(13)17;/h6-9,11H,5,10H2,1-4H3,(H2,18,19,20);1H. The average Bonchev–Trinajstić information content (AvgIpc) is 2.85. The van der Waals surface area contributed by atoms with Crippen LogP contribution in [-0.2, 0) is 13.6 Å². The Morgan fingerprint density at radius 3 is 2.62 bits per heavy atom. The van der Waals surface area contributed by atoms with E-state index in [1.54, 1.807) is 0 Å². The molecule has 1 atom stereocenters. The van der Waals surface area contributed by atoms with Gasteiger partial charge in [-0.2, -0.15) is 0 Å². The van der Waals surface area contributed by atoms with Gasteiger partial charge in [0, 0.05) is 18.6 Å². The Morgan fingerprint density at radius 1 is 1.33 bits per heavy atom. The summed E-state index contributed by atoms with van der Waals surface area (Å²) in [5.74, 6) is 2.42. The first-order valence-corrected chi connectivity index (χ1v) is 8.04. The van der Waals surface area contributed by atoms with Gasteiger partial charge in [-0.3, -0.25) is 0 Å². The van der Waals surface area contributed by atoms with Crippen LogP contribution in [0.1, 0.15) is 37.1 Å². The van der Waals surface area contributed by atoms with E-state index in [9.17, 15) is 0 Å². The fraction of sp³-hybridized carbons (Fsp3) is 0.438. The maximum atomic E-state index is 6.25. The molecule has 0 fully saturated rings. The lowest BCUT2D eigenvalue weighted by molar-refractivity contribution is 0.681. The number of aryl methyl sites for hydroxylation is 1. The lowest BCUT2D eigenvalue weighted by atomic mass is 10.1. The van der Waals surface area contributed by atoms with E-state index in [-0.39, 0.29) is 30.0 Å². The molecule has 0 bridgehead atoms. The van der Waals surface area contributed by atoms with Gasteiger partial charge in [0.2, 0.25) is 0 Å². The van der Waals surface area contributed by atoms with E-state index >= 15 is 0 Å². The van der Waals surface area contributed by atoms with Crippen molar-refractivity contribution >= 4 is 41.5 Å². The third-order valence-corrected chi connectivity index (χ3v) is 3.97. The van der Waals surface area contributed by atoms with Gasteiger partial charge in [0.05, 0.1) is 6.04 Å². The highest BCUT2D eigenvalue weighted by molar-refractivity contribution is 14.0. The summed E-state index contributed by atoms with van der Waals surface area (Å²) in [5.41, 5.74) is 1.04. The van der Waals surface area contributed by atoms with Crippen molar-refractivity contribution in [2.45, 2.75) is 33.4 Å². The Balaban J connectivity index is 0.00000288. The highest BCUT2D eigenvalue weighted by atomic mass is 127. The fourth-order valence-electron chi connectivity index (χ4n) is 2.17. The van der Waals surface area contributed by atoms with E-state index in [0.29, 0.717) is 6.54 Å². The first-order valence-electron chi connectivity index (χ1n) is 7.67. The molecule has 6 nitrogen and oxygen atoms in total. The molecule has 1 unspecified atom stereocenters. The molecule has 0 spiro atoms. The Bertz CT molecular complexity index is 685. The monoisotopic (exact) mass is 462 g/mol. The quantitative estimate of drug-likeness (QED) is 0.407. The van der Waals surface area contributed by atoms with E-state index in [4.69, 9.17) is 11.6 Å². The number of nitrogens with one attached hydrogen (secondary N) is 2. The van der Waals surface area contributed by atoms with Crippen LogP contribution in [0.25, 0.3) is 0 Å². The van der Waals surface area contributed by atoms with Gasteiger partial charge in [0.15, 0.2) is 11.8 Å². The van der Waals surface area contributed by atoms with Gasteiger partial charge in [0.25, 0.3) is 0 Å². The van der Waals surface area contributed by atoms with E-state index in [1.165, 1.54) is 0 Å². The number of benzene rings is 1. The summed E-state index contributed by atoms with van der Waals surface area (Å²) in [4.78, 5) is 4.58. The SMILES string of the molecule is CCNC(=NCc1nnc(C)n1C)NC(C)c1ccccc1Cl.I. The van der Waals surface area contributed by atoms with Gasteiger partial charge in [-0.05, 0) is 32.4 Å². The zero-order valence-electron chi connectivity index (χ0n) is 14.4. The third kappa shape index (κ3) is 5.34. The van der Waals surface area contributed by atoms with Crippen molar-refractivity contribution in [1.82, 2.24) is 25.4 Å². The number of halogens is 2. The molecule has 1 aromatic heterocycles. The first kappa shape index (κ1) is 20.7. The van der Waals surface area contributed by atoms with Crippen LogP contribution in [0.2, 0.25) is 5.02 Å². The van der Waals surface area contributed by atoms with Crippen molar-refractivity contribution < 1.29 is 0 Å². The van der Waals surface area contributed by atoms with Crippen LogP contribution >= 0.6 is 35.6 Å². The summed E-state index contributed by atoms with van der Waals surface area (Å²) in [7, 11) is 1.94. The Morgan fingerprint density at radius 2 is 2.04 bits per heavy atom. The number of hydrogen-bond acceptors (Lipinski definition) is 3. The van der Waals surface area contributed by atoms with Gasteiger partial charge in [-0.1, -0.05) is 29.8 Å². The highest BCUT2D eigenvalue weighted by Gasteiger charge is 2.11. The number of hydrogen-bond donors (Lipinski definition) is 2. The van der Waals surface area contributed by atoms with Crippen molar-refractivity contribution in [1.29, 1.82) is 0 Å². The van der Waals surface area contributed by atoms with Crippen molar-refractivity contribution in [2.75, 3.05) is 6.54 Å². The third-order valence-electron chi connectivity index (χ3n) is 3.63. The molecule has 0 aliphatic rings. The molecule has 0 aliphatic carbocycles. The van der Waals surface area contributed by atoms with Gasteiger partial charge >= 0.3 is 0 Å². The molecule has 0 saturated carbocycles. The fourth-order valence-corrected chi connectivity index (χ4v) is 2.47. The minimum Gasteiger partial charge on any atom is -0.357 e. The van der Waals surface area contributed by atoms with Crippen LogP contribution in [0.3, 0.4) is 0 Å². The molecule has 0 saturated heterocycles. The van der Waals surface area contributed by atoms with Crippen molar-refractivity contribution in [3.05, 3.63) is 46.5 Å². The van der Waals surface area contributed by atoms with E-state index in [1.807, 2.05) is 49.7 Å². The smallest absolute Gasteiger partial charge is 0.192 e. The summed E-state index contributed by atoms with van der Waals surface area (Å²) in [6.07, 6.45) is 0. The maximum absolute atomic E-state index is 6.25. The molecule has 132 valence electrons. The van der Waals surface area contributed by atoms with Crippen LogP contribution in [0.15, 0.2) is 29.3 Å². The summed E-state index contributed by atoms with van der Waals surface area (Å²) >= 11 is 6.25. The van der Waals surface area contributed by atoms with Gasteiger partial charge in [-0.15, -0.1) is 34.2 Å². The van der Waals surface area contributed by atoms with Crippen LogP contribution < -0.4 is 10.6 Å². The Hall–Kier alpha value is -1.35. The first-order chi connectivity index (χ1) is 11.0. The van der Waals surface area contributed by atoms with Crippen molar-refractivity contribution in [2.24, 2.45) is 12.0 Å². The second-order valence-electron chi connectivity index (χ2n) is 5.31. The highest BCUT2D eigenvalue weighted by Crippen LogP contribution is 2.21. The second kappa shape index (κ2) is 9.83. The van der Waals surface area contributed by atoms with E-state index in [2.05, 4.69) is 32.7 Å². The molecule has 0 amide bonds.